The third-order valence-corrected chi connectivity index (χ3v) is 2.81. The first-order valence-electron chi connectivity index (χ1n) is 6.36. The van der Waals surface area contributed by atoms with Gasteiger partial charge in [0.1, 0.15) is 0 Å². The minimum absolute atomic E-state index is 0.137. The number of aldehydes is 1. The maximum absolute atomic E-state index is 12.2. The van der Waals surface area contributed by atoms with Crippen molar-refractivity contribution in [1.82, 2.24) is 10.2 Å². The molecule has 0 fully saturated rings. The Bertz CT molecular complexity index is 488. The largest absolute Gasteiger partial charge is 0.354 e. The van der Waals surface area contributed by atoms with Gasteiger partial charge in [0.15, 0.2) is 6.29 Å². The second-order valence-corrected chi connectivity index (χ2v) is 4.32. The first-order valence-corrected chi connectivity index (χ1v) is 6.36. The number of hydrogen-bond acceptors (Lipinski definition) is 4. The van der Waals surface area contributed by atoms with E-state index in [9.17, 15) is 14.4 Å². The van der Waals surface area contributed by atoms with Crippen molar-refractivity contribution in [1.29, 1.82) is 0 Å². The van der Waals surface area contributed by atoms with E-state index in [1.165, 1.54) is 4.90 Å². The summed E-state index contributed by atoms with van der Waals surface area (Å²) in [4.78, 5) is 35.7. The lowest BCUT2D eigenvalue weighted by Crippen LogP contribution is -2.36. The van der Waals surface area contributed by atoms with E-state index in [-0.39, 0.29) is 18.2 Å². The summed E-state index contributed by atoms with van der Waals surface area (Å²) in [5.74, 6) is -0.387. The van der Waals surface area contributed by atoms with Crippen LogP contribution in [0, 0.1) is 0 Å². The SMILES string of the molecule is CN(CCNC(=O)CCN)C(=O)c1ccccc1C=O. The average Bonchev–Trinajstić information content (AvgIpc) is 2.46. The fraction of sp³-hybridized carbons (Fsp3) is 0.357. The summed E-state index contributed by atoms with van der Waals surface area (Å²) in [7, 11) is 1.62. The van der Waals surface area contributed by atoms with Crippen LogP contribution in [0.1, 0.15) is 27.1 Å². The Morgan fingerprint density at radius 3 is 2.70 bits per heavy atom. The van der Waals surface area contributed by atoms with Crippen molar-refractivity contribution >= 4 is 18.1 Å². The quantitative estimate of drug-likeness (QED) is 0.688. The molecule has 0 aliphatic heterocycles. The van der Waals surface area contributed by atoms with E-state index < -0.39 is 0 Å². The molecule has 1 rings (SSSR count). The van der Waals surface area contributed by atoms with E-state index in [2.05, 4.69) is 5.32 Å². The second-order valence-electron chi connectivity index (χ2n) is 4.32. The molecule has 6 nitrogen and oxygen atoms in total. The maximum atomic E-state index is 12.2. The summed E-state index contributed by atoms with van der Waals surface area (Å²) in [6, 6.07) is 6.61. The van der Waals surface area contributed by atoms with Crippen molar-refractivity contribution in [2.75, 3.05) is 26.7 Å². The molecule has 6 heteroatoms. The van der Waals surface area contributed by atoms with Crippen LogP contribution in [0.2, 0.25) is 0 Å². The number of benzene rings is 1. The Morgan fingerprint density at radius 2 is 2.05 bits per heavy atom. The van der Waals surface area contributed by atoms with Gasteiger partial charge < -0.3 is 16.0 Å². The molecular formula is C14H19N3O3. The van der Waals surface area contributed by atoms with E-state index in [0.717, 1.165) is 0 Å². The van der Waals surface area contributed by atoms with Crippen molar-refractivity contribution in [3.05, 3.63) is 35.4 Å². The van der Waals surface area contributed by atoms with Crippen LogP contribution in [0.25, 0.3) is 0 Å². The minimum Gasteiger partial charge on any atom is -0.354 e. The molecular weight excluding hydrogens is 258 g/mol. The highest BCUT2D eigenvalue weighted by Gasteiger charge is 2.14. The molecule has 1 aromatic rings. The van der Waals surface area contributed by atoms with Gasteiger partial charge in [0.05, 0.1) is 5.56 Å². The summed E-state index contributed by atoms with van der Waals surface area (Å²) < 4.78 is 0. The molecule has 0 bridgehead atoms. The number of likely N-dealkylation sites (N-methyl/N-ethyl adjacent to an activating group) is 1. The molecule has 0 saturated heterocycles. The topological polar surface area (TPSA) is 92.5 Å². The molecule has 0 radical (unpaired) electrons. The zero-order valence-electron chi connectivity index (χ0n) is 11.5. The fourth-order valence-corrected chi connectivity index (χ4v) is 1.68. The van der Waals surface area contributed by atoms with Gasteiger partial charge in [-0.05, 0) is 6.07 Å². The summed E-state index contributed by atoms with van der Waals surface area (Å²) in [6.07, 6.45) is 0.926. The molecule has 20 heavy (non-hydrogen) atoms. The number of nitrogens with two attached hydrogens (primary N) is 1. The monoisotopic (exact) mass is 277 g/mol. The molecule has 0 atom stereocenters. The Morgan fingerprint density at radius 1 is 1.35 bits per heavy atom. The summed E-state index contributed by atoms with van der Waals surface area (Å²) in [6.45, 7) is 1.01. The normalized spacial score (nSPS) is 9.90. The van der Waals surface area contributed by atoms with Crippen LogP contribution in [-0.2, 0) is 4.79 Å². The van der Waals surface area contributed by atoms with Crippen LogP contribution in [-0.4, -0.2) is 49.7 Å². The first kappa shape index (κ1) is 15.8. The van der Waals surface area contributed by atoms with Crippen molar-refractivity contribution in [3.8, 4) is 0 Å². The molecule has 0 aromatic heterocycles. The fourth-order valence-electron chi connectivity index (χ4n) is 1.68. The van der Waals surface area contributed by atoms with Crippen LogP contribution in [0.5, 0.6) is 0 Å². The van der Waals surface area contributed by atoms with Crippen LogP contribution in [0.15, 0.2) is 24.3 Å². The number of carbonyl (C=O) groups is 3. The number of nitrogens with one attached hydrogen (secondary N) is 1. The Kier molecular flexibility index (Phi) is 6.39. The van der Waals surface area contributed by atoms with E-state index in [1.54, 1.807) is 31.3 Å². The Hall–Kier alpha value is -2.21. The highest BCUT2D eigenvalue weighted by Crippen LogP contribution is 2.08. The Balaban J connectivity index is 2.55. The smallest absolute Gasteiger partial charge is 0.254 e. The number of rotatable bonds is 7. The van der Waals surface area contributed by atoms with Gasteiger partial charge in [0, 0.05) is 38.7 Å². The lowest BCUT2D eigenvalue weighted by Gasteiger charge is -2.18. The van der Waals surface area contributed by atoms with Gasteiger partial charge in [-0.3, -0.25) is 14.4 Å². The Labute approximate surface area is 117 Å². The number of carbonyl (C=O) groups excluding carboxylic acids is 3. The zero-order chi connectivity index (χ0) is 15.0. The van der Waals surface area contributed by atoms with Gasteiger partial charge in [-0.25, -0.2) is 0 Å². The van der Waals surface area contributed by atoms with Crippen LogP contribution in [0.4, 0.5) is 0 Å². The molecule has 0 aliphatic carbocycles. The van der Waals surface area contributed by atoms with Gasteiger partial charge in [0.2, 0.25) is 5.91 Å². The van der Waals surface area contributed by atoms with Crippen molar-refractivity contribution < 1.29 is 14.4 Å². The van der Waals surface area contributed by atoms with Crippen molar-refractivity contribution in [2.24, 2.45) is 5.73 Å². The highest BCUT2D eigenvalue weighted by atomic mass is 16.2. The summed E-state index contributed by atoms with van der Waals surface area (Å²) in [5.41, 5.74) is 5.98. The van der Waals surface area contributed by atoms with Crippen molar-refractivity contribution in [2.45, 2.75) is 6.42 Å². The van der Waals surface area contributed by atoms with E-state index in [4.69, 9.17) is 5.73 Å². The molecule has 0 saturated carbocycles. The number of amides is 2. The van der Waals surface area contributed by atoms with E-state index >= 15 is 0 Å². The molecule has 3 N–H and O–H groups in total. The number of hydrogen-bond donors (Lipinski definition) is 2. The van der Waals surface area contributed by atoms with Crippen LogP contribution >= 0.6 is 0 Å². The summed E-state index contributed by atoms with van der Waals surface area (Å²) >= 11 is 0. The molecule has 0 spiro atoms. The average molecular weight is 277 g/mol. The number of nitrogens with zero attached hydrogens (tertiary/aromatic N) is 1. The van der Waals surface area contributed by atoms with Crippen LogP contribution in [0.3, 0.4) is 0 Å². The lowest BCUT2D eigenvalue weighted by atomic mass is 10.1. The maximum Gasteiger partial charge on any atom is 0.254 e. The molecule has 0 heterocycles. The van der Waals surface area contributed by atoms with Gasteiger partial charge in [-0.2, -0.15) is 0 Å². The van der Waals surface area contributed by atoms with Crippen LogP contribution < -0.4 is 11.1 Å². The third-order valence-electron chi connectivity index (χ3n) is 2.81. The van der Waals surface area contributed by atoms with Gasteiger partial charge in [-0.1, -0.05) is 18.2 Å². The first-order chi connectivity index (χ1) is 9.60. The highest BCUT2D eigenvalue weighted by molar-refractivity contribution is 6.01. The van der Waals surface area contributed by atoms with Crippen molar-refractivity contribution in [3.63, 3.8) is 0 Å². The standard InChI is InChI=1S/C14H19N3O3/c1-17(9-8-16-13(19)6-7-15)14(20)12-5-3-2-4-11(12)10-18/h2-5,10H,6-9,15H2,1H3,(H,16,19). The molecule has 2 amide bonds. The van der Waals surface area contributed by atoms with Gasteiger partial charge >= 0.3 is 0 Å². The zero-order valence-corrected chi connectivity index (χ0v) is 11.5. The predicted octanol–water partition coefficient (Wildman–Crippen LogP) is 0.0361. The lowest BCUT2D eigenvalue weighted by molar-refractivity contribution is -0.120. The third kappa shape index (κ3) is 4.47. The van der Waals surface area contributed by atoms with Gasteiger partial charge in [0.25, 0.3) is 5.91 Å². The molecule has 1 aromatic carbocycles. The minimum atomic E-state index is -0.249. The van der Waals surface area contributed by atoms with E-state index in [0.29, 0.717) is 37.0 Å². The molecule has 0 unspecified atom stereocenters. The molecule has 0 aliphatic rings. The summed E-state index contributed by atoms with van der Waals surface area (Å²) in [5, 5.41) is 2.67. The predicted molar refractivity (Wildman–Crippen MR) is 75.5 cm³/mol. The van der Waals surface area contributed by atoms with Gasteiger partial charge in [-0.15, -0.1) is 0 Å². The second kappa shape index (κ2) is 8.06. The van der Waals surface area contributed by atoms with E-state index in [1.807, 2.05) is 0 Å². The molecule has 108 valence electrons.